The lowest BCUT2D eigenvalue weighted by Crippen LogP contribution is -2.36. The van der Waals surface area contributed by atoms with Crippen molar-refractivity contribution in [3.8, 4) is 11.5 Å². The van der Waals surface area contributed by atoms with Crippen molar-refractivity contribution in [3.63, 3.8) is 0 Å². The highest BCUT2D eigenvalue weighted by Gasteiger charge is 2.16. The van der Waals surface area contributed by atoms with Crippen LogP contribution in [0.15, 0.2) is 48.5 Å². The molecule has 0 radical (unpaired) electrons. The van der Waals surface area contributed by atoms with E-state index in [1.165, 1.54) is 0 Å². The van der Waals surface area contributed by atoms with Gasteiger partial charge in [-0.15, -0.1) is 0 Å². The van der Waals surface area contributed by atoms with Crippen LogP contribution in [0.1, 0.15) is 52.2 Å². The summed E-state index contributed by atoms with van der Waals surface area (Å²) in [5, 5.41) is 18.6. The molecule has 2 aromatic carbocycles. The number of nitrogens with zero attached hydrogens (tertiary/aromatic N) is 1. The fourth-order valence-corrected chi connectivity index (χ4v) is 2.45. The van der Waals surface area contributed by atoms with Crippen LogP contribution in [0.5, 0.6) is 11.5 Å². The van der Waals surface area contributed by atoms with Crippen molar-refractivity contribution >= 4 is 5.91 Å². The maximum absolute atomic E-state index is 12.3. The lowest BCUT2D eigenvalue weighted by molar-refractivity contribution is -0.131. The number of rotatable bonds is 6. The molecule has 4 heteroatoms. The Morgan fingerprint density at radius 1 is 0.852 bits per heavy atom. The lowest BCUT2D eigenvalue weighted by Gasteiger charge is -2.25. The Morgan fingerprint density at radius 2 is 1.26 bits per heavy atom. The summed E-state index contributed by atoms with van der Waals surface area (Å²) >= 11 is 0. The number of phenolic OH excluding ortho intramolecular Hbond substituents is 2. The van der Waals surface area contributed by atoms with E-state index in [1.54, 1.807) is 29.2 Å². The molecule has 4 nitrogen and oxygen atoms in total. The molecule has 1 unspecified atom stereocenters. The third kappa shape index (κ3) is 9.13. The van der Waals surface area contributed by atoms with Gasteiger partial charge in [-0.3, -0.25) is 4.79 Å². The molecular formula is C23H35NO3. The predicted molar refractivity (Wildman–Crippen MR) is 113 cm³/mol. The quantitative estimate of drug-likeness (QED) is 0.734. The van der Waals surface area contributed by atoms with Gasteiger partial charge in [-0.25, -0.2) is 0 Å². The summed E-state index contributed by atoms with van der Waals surface area (Å²) in [7, 11) is 1.82. The number of phenols is 2. The highest BCUT2D eigenvalue weighted by atomic mass is 16.3. The van der Waals surface area contributed by atoms with Crippen molar-refractivity contribution < 1.29 is 15.0 Å². The van der Waals surface area contributed by atoms with E-state index in [-0.39, 0.29) is 23.4 Å². The number of likely N-dealkylation sites (N-methyl/N-ethyl adjacent to an activating group) is 1. The molecular weight excluding hydrogens is 338 g/mol. The Kier molecular flexibility index (Phi) is 12.4. The van der Waals surface area contributed by atoms with E-state index < -0.39 is 0 Å². The topological polar surface area (TPSA) is 60.8 Å². The monoisotopic (exact) mass is 373 g/mol. The Labute approximate surface area is 164 Å². The van der Waals surface area contributed by atoms with E-state index >= 15 is 0 Å². The number of hydrogen-bond acceptors (Lipinski definition) is 3. The molecule has 0 saturated carbocycles. The minimum Gasteiger partial charge on any atom is -0.508 e. The molecule has 27 heavy (non-hydrogen) atoms. The van der Waals surface area contributed by atoms with Crippen LogP contribution in [0.2, 0.25) is 0 Å². The van der Waals surface area contributed by atoms with E-state index in [4.69, 9.17) is 0 Å². The molecule has 0 fully saturated rings. The molecule has 2 rings (SSSR count). The molecule has 0 aliphatic rings. The Balaban J connectivity index is 0.00000158. The van der Waals surface area contributed by atoms with Crippen molar-refractivity contribution in [3.05, 3.63) is 59.7 Å². The van der Waals surface area contributed by atoms with Gasteiger partial charge in [0.15, 0.2) is 0 Å². The number of hydrogen-bond donors (Lipinski definition) is 2. The minimum absolute atomic E-state index is 0.0897. The fourth-order valence-electron chi connectivity index (χ4n) is 2.45. The van der Waals surface area contributed by atoms with E-state index in [9.17, 15) is 15.0 Å². The Hall–Kier alpha value is -2.49. The first-order valence-electron chi connectivity index (χ1n) is 9.77. The summed E-state index contributed by atoms with van der Waals surface area (Å²) in [6, 6.07) is 14.1. The largest absolute Gasteiger partial charge is 0.508 e. The third-order valence-electron chi connectivity index (χ3n) is 4.09. The standard InChI is InChI=1S/C19H23NO3.2C2H6/c1-14(13-16-5-10-18(22)11-6-16)20(2)19(23)12-7-15-3-8-17(21)9-4-15;2*1-2/h3-6,8-11,14,21-22H,7,12-13H2,1-2H3;2*1-2H3. The molecule has 0 bridgehead atoms. The molecule has 0 aliphatic carbocycles. The zero-order chi connectivity index (χ0) is 20.8. The molecule has 2 N–H and O–H groups in total. The van der Waals surface area contributed by atoms with E-state index in [2.05, 4.69) is 0 Å². The number of amides is 1. The van der Waals surface area contributed by atoms with Gasteiger partial charge < -0.3 is 15.1 Å². The van der Waals surface area contributed by atoms with Crippen LogP contribution >= 0.6 is 0 Å². The van der Waals surface area contributed by atoms with E-state index in [0.29, 0.717) is 12.8 Å². The summed E-state index contributed by atoms with van der Waals surface area (Å²) in [6.07, 6.45) is 1.86. The molecule has 0 saturated heterocycles. The predicted octanol–water partition coefficient (Wildman–Crippen LogP) is 5.17. The minimum atomic E-state index is 0.0897. The number of carbonyl (C=O) groups excluding carboxylic acids is 1. The second-order valence-electron chi connectivity index (χ2n) is 5.89. The van der Waals surface area contributed by atoms with Crippen LogP contribution in [-0.2, 0) is 17.6 Å². The molecule has 150 valence electrons. The summed E-state index contributed by atoms with van der Waals surface area (Å²) in [4.78, 5) is 14.1. The fraction of sp³-hybridized carbons (Fsp3) is 0.435. The van der Waals surface area contributed by atoms with Crippen molar-refractivity contribution in [2.24, 2.45) is 0 Å². The number of carbonyl (C=O) groups is 1. The van der Waals surface area contributed by atoms with Crippen molar-refractivity contribution in [2.75, 3.05) is 7.05 Å². The molecule has 0 spiro atoms. The van der Waals surface area contributed by atoms with Gasteiger partial charge in [-0.05, 0) is 55.2 Å². The summed E-state index contributed by atoms with van der Waals surface area (Å²) in [6.45, 7) is 10.0. The molecule has 2 aromatic rings. The van der Waals surface area contributed by atoms with Crippen LogP contribution in [-0.4, -0.2) is 34.1 Å². The van der Waals surface area contributed by atoms with Gasteiger partial charge in [0.25, 0.3) is 0 Å². The van der Waals surface area contributed by atoms with Gasteiger partial charge in [-0.1, -0.05) is 52.0 Å². The zero-order valence-electron chi connectivity index (χ0n) is 17.6. The first-order chi connectivity index (χ1) is 13.0. The van der Waals surface area contributed by atoms with Gasteiger partial charge in [0.05, 0.1) is 0 Å². The second-order valence-corrected chi connectivity index (χ2v) is 5.89. The Morgan fingerprint density at radius 3 is 1.70 bits per heavy atom. The summed E-state index contributed by atoms with van der Waals surface area (Å²) < 4.78 is 0. The highest BCUT2D eigenvalue weighted by molar-refractivity contribution is 5.76. The lowest BCUT2D eigenvalue weighted by atomic mass is 10.0. The molecule has 0 heterocycles. The normalized spacial score (nSPS) is 10.6. The van der Waals surface area contributed by atoms with Crippen LogP contribution in [0.4, 0.5) is 0 Å². The molecule has 1 amide bonds. The summed E-state index contributed by atoms with van der Waals surface area (Å²) in [5.41, 5.74) is 2.13. The zero-order valence-corrected chi connectivity index (χ0v) is 17.6. The molecule has 0 aromatic heterocycles. The smallest absolute Gasteiger partial charge is 0.222 e. The molecule has 0 aliphatic heterocycles. The Bertz CT molecular complexity index is 636. The van der Waals surface area contributed by atoms with Gasteiger partial charge in [0, 0.05) is 19.5 Å². The maximum Gasteiger partial charge on any atom is 0.222 e. The average molecular weight is 374 g/mol. The van der Waals surface area contributed by atoms with Gasteiger partial charge >= 0.3 is 0 Å². The van der Waals surface area contributed by atoms with Crippen molar-refractivity contribution in [1.29, 1.82) is 0 Å². The van der Waals surface area contributed by atoms with Crippen molar-refractivity contribution in [2.45, 2.75) is 59.9 Å². The number of aromatic hydroxyl groups is 2. The number of aryl methyl sites for hydroxylation is 1. The summed E-state index contributed by atoms with van der Waals surface area (Å²) in [5.74, 6) is 0.587. The number of benzene rings is 2. The second kappa shape index (κ2) is 13.7. The van der Waals surface area contributed by atoms with Gasteiger partial charge in [-0.2, -0.15) is 0 Å². The van der Waals surface area contributed by atoms with Crippen LogP contribution < -0.4 is 0 Å². The third-order valence-corrected chi connectivity index (χ3v) is 4.09. The van der Waals surface area contributed by atoms with Gasteiger partial charge in [0.2, 0.25) is 5.91 Å². The molecule has 1 atom stereocenters. The van der Waals surface area contributed by atoms with E-state index in [0.717, 1.165) is 17.5 Å². The highest BCUT2D eigenvalue weighted by Crippen LogP contribution is 2.15. The first kappa shape index (κ1) is 24.5. The van der Waals surface area contributed by atoms with Crippen LogP contribution in [0.25, 0.3) is 0 Å². The van der Waals surface area contributed by atoms with Gasteiger partial charge in [0.1, 0.15) is 11.5 Å². The van der Waals surface area contributed by atoms with E-state index in [1.807, 2.05) is 65.9 Å². The first-order valence-corrected chi connectivity index (χ1v) is 9.77. The van der Waals surface area contributed by atoms with Crippen molar-refractivity contribution in [1.82, 2.24) is 4.90 Å². The maximum atomic E-state index is 12.3. The average Bonchev–Trinajstić information content (AvgIpc) is 2.71. The van der Waals surface area contributed by atoms with Crippen LogP contribution in [0.3, 0.4) is 0 Å². The SMILES string of the molecule is CC.CC.CC(Cc1ccc(O)cc1)N(C)C(=O)CCc1ccc(O)cc1. The van der Waals surface area contributed by atoms with Crippen LogP contribution in [0, 0.1) is 0 Å².